The van der Waals surface area contributed by atoms with Crippen LogP contribution in [-0.2, 0) is 27.8 Å². The van der Waals surface area contributed by atoms with Gasteiger partial charge in [0.1, 0.15) is 10.6 Å². The number of alkyl halides is 3. The van der Waals surface area contributed by atoms with Gasteiger partial charge >= 0.3 is 6.18 Å². The van der Waals surface area contributed by atoms with E-state index in [9.17, 15) is 31.6 Å². The van der Waals surface area contributed by atoms with E-state index < -0.39 is 33.0 Å². The third kappa shape index (κ3) is 3.54. The fourth-order valence-corrected chi connectivity index (χ4v) is 4.65. The summed E-state index contributed by atoms with van der Waals surface area (Å²) in [4.78, 5) is 21.8. The fourth-order valence-electron chi connectivity index (χ4n) is 3.59. The second-order valence-electron chi connectivity index (χ2n) is 7.54. The van der Waals surface area contributed by atoms with Crippen LogP contribution in [0.2, 0.25) is 0 Å². The van der Waals surface area contributed by atoms with Crippen molar-refractivity contribution in [1.82, 2.24) is 9.97 Å². The SMILES string of the molecule is CCS(=O)(=O)c1cc(C2(C#N)CC2)cnc1N1CCc2nc(C(F)(F)F)ccc2C1=O. The summed E-state index contributed by atoms with van der Waals surface area (Å²) in [6, 6.07) is 5.36. The van der Waals surface area contributed by atoms with Gasteiger partial charge in [-0.15, -0.1) is 0 Å². The molecule has 2 aromatic heterocycles. The van der Waals surface area contributed by atoms with Gasteiger partial charge in [0.25, 0.3) is 5.91 Å². The number of hydrogen-bond acceptors (Lipinski definition) is 6. The van der Waals surface area contributed by atoms with E-state index in [-0.39, 0.29) is 40.7 Å². The van der Waals surface area contributed by atoms with E-state index >= 15 is 0 Å². The van der Waals surface area contributed by atoms with Crippen molar-refractivity contribution in [2.45, 2.75) is 42.7 Å². The maximum atomic E-state index is 13.0. The highest BCUT2D eigenvalue weighted by Gasteiger charge is 2.46. The van der Waals surface area contributed by atoms with Gasteiger partial charge in [-0.1, -0.05) is 6.92 Å². The molecule has 3 heterocycles. The van der Waals surface area contributed by atoms with Crippen LogP contribution >= 0.6 is 0 Å². The molecule has 31 heavy (non-hydrogen) atoms. The molecule has 4 rings (SSSR count). The minimum atomic E-state index is -4.63. The molecule has 1 amide bonds. The van der Waals surface area contributed by atoms with Crippen LogP contribution in [-0.4, -0.2) is 36.6 Å². The van der Waals surface area contributed by atoms with E-state index in [1.807, 2.05) is 0 Å². The van der Waals surface area contributed by atoms with E-state index in [0.29, 0.717) is 18.4 Å². The summed E-state index contributed by atoms with van der Waals surface area (Å²) in [5.74, 6) is -0.994. The van der Waals surface area contributed by atoms with Crippen LogP contribution in [0, 0.1) is 11.3 Å². The van der Waals surface area contributed by atoms with Gasteiger partial charge in [0.05, 0.1) is 28.5 Å². The number of amides is 1. The van der Waals surface area contributed by atoms with Gasteiger partial charge < -0.3 is 0 Å². The third-order valence-electron chi connectivity index (χ3n) is 5.63. The average molecular weight is 450 g/mol. The molecule has 1 saturated carbocycles. The van der Waals surface area contributed by atoms with Gasteiger partial charge in [0.2, 0.25) is 0 Å². The fraction of sp³-hybridized carbons (Fsp3) is 0.400. The van der Waals surface area contributed by atoms with Crippen molar-refractivity contribution < 1.29 is 26.4 Å². The van der Waals surface area contributed by atoms with E-state index in [0.717, 1.165) is 17.0 Å². The van der Waals surface area contributed by atoms with Crippen LogP contribution in [0.4, 0.5) is 19.0 Å². The Morgan fingerprint density at radius 3 is 2.58 bits per heavy atom. The average Bonchev–Trinajstić information content (AvgIpc) is 3.54. The number of hydrogen-bond donors (Lipinski definition) is 0. The molecule has 2 aromatic rings. The summed E-state index contributed by atoms with van der Waals surface area (Å²) in [6.07, 6.45) is -2.02. The number of nitriles is 1. The molecule has 0 saturated heterocycles. The number of anilines is 1. The minimum absolute atomic E-state index is 0.00834. The van der Waals surface area contributed by atoms with Crippen LogP contribution in [0.15, 0.2) is 29.3 Å². The van der Waals surface area contributed by atoms with Gasteiger partial charge in [0.15, 0.2) is 15.7 Å². The molecule has 2 aliphatic rings. The lowest BCUT2D eigenvalue weighted by Gasteiger charge is -2.29. The number of aromatic nitrogens is 2. The first-order chi connectivity index (χ1) is 14.5. The zero-order valence-electron chi connectivity index (χ0n) is 16.4. The summed E-state index contributed by atoms with van der Waals surface area (Å²) in [6.45, 7) is 1.39. The first kappa shape index (κ1) is 21.2. The monoisotopic (exact) mass is 450 g/mol. The molecule has 0 N–H and O–H groups in total. The lowest BCUT2D eigenvalue weighted by Crippen LogP contribution is -2.40. The molecule has 0 unspecified atom stereocenters. The van der Waals surface area contributed by atoms with Crippen molar-refractivity contribution in [2.75, 3.05) is 17.2 Å². The molecule has 11 heteroatoms. The maximum Gasteiger partial charge on any atom is 0.433 e. The number of halogens is 3. The van der Waals surface area contributed by atoms with Crippen LogP contribution in [0.3, 0.4) is 0 Å². The van der Waals surface area contributed by atoms with Gasteiger partial charge in [-0.25, -0.2) is 18.4 Å². The molecule has 0 atom stereocenters. The molecule has 162 valence electrons. The Hall–Kier alpha value is -3.00. The molecule has 0 aromatic carbocycles. The Morgan fingerprint density at radius 1 is 1.29 bits per heavy atom. The van der Waals surface area contributed by atoms with E-state index in [4.69, 9.17) is 0 Å². The molecular weight excluding hydrogens is 433 g/mol. The van der Waals surface area contributed by atoms with Crippen molar-refractivity contribution in [3.8, 4) is 6.07 Å². The first-order valence-electron chi connectivity index (χ1n) is 9.56. The molecule has 0 spiro atoms. The molecule has 1 aliphatic carbocycles. The van der Waals surface area contributed by atoms with E-state index in [1.165, 1.54) is 19.2 Å². The smallest absolute Gasteiger partial charge is 0.291 e. The second kappa shape index (κ2) is 7.02. The predicted octanol–water partition coefficient (Wildman–Crippen LogP) is 3.05. The van der Waals surface area contributed by atoms with Crippen molar-refractivity contribution >= 4 is 21.6 Å². The zero-order valence-corrected chi connectivity index (χ0v) is 17.2. The van der Waals surface area contributed by atoms with Gasteiger partial charge in [0, 0.05) is 19.2 Å². The topological polar surface area (TPSA) is 104 Å². The molecule has 1 aliphatic heterocycles. The zero-order chi connectivity index (χ0) is 22.6. The summed E-state index contributed by atoms with van der Waals surface area (Å²) in [7, 11) is -3.80. The highest BCUT2D eigenvalue weighted by molar-refractivity contribution is 7.91. The number of pyridine rings is 2. The van der Waals surface area contributed by atoms with E-state index in [1.54, 1.807) is 0 Å². The molecule has 0 radical (unpaired) electrons. The Morgan fingerprint density at radius 2 is 2.00 bits per heavy atom. The summed E-state index contributed by atoms with van der Waals surface area (Å²) in [5, 5.41) is 9.43. The van der Waals surface area contributed by atoms with Crippen molar-refractivity contribution in [1.29, 1.82) is 5.26 Å². The van der Waals surface area contributed by atoms with Crippen molar-refractivity contribution in [3.05, 3.63) is 46.9 Å². The summed E-state index contributed by atoms with van der Waals surface area (Å²) >= 11 is 0. The van der Waals surface area contributed by atoms with Gasteiger partial charge in [-0.05, 0) is 36.6 Å². The second-order valence-corrected chi connectivity index (χ2v) is 9.79. The summed E-state index contributed by atoms with van der Waals surface area (Å²) in [5.41, 5.74) is -1.39. The van der Waals surface area contributed by atoms with Crippen LogP contribution < -0.4 is 4.90 Å². The van der Waals surface area contributed by atoms with Crippen molar-refractivity contribution in [2.24, 2.45) is 0 Å². The highest BCUT2D eigenvalue weighted by Crippen LogP contribution is 2.48. The molecule has 1 fully saturated rings. The summed E-state index contributed by atoms with van der Waals surface area (Å²) < 4.78 is 64.3. The lowest BCUT2D eigenvalue weighted by atomic mass is 9.99. The Labute approximate surface area is 176 Å². The number of rotatable bonds is 4. The predicted molar refractivity (Wildman–Crippen MR) is 103 cm³/mol. The molecular formula is C20H17F3N4O3S. The maximum absolute atomic E-state index is 13.0. The number of carbonyl (C=O) groups is 1. The highest BCUT2D eigenvalue weighted by atomic mass is 32.2. The molecule has 7 nitrogen and oxygen atoms in total. The minimum Gasteiger partial charge on any atom is -0.291 e. The van der Waals surface area contributed by atoms with Gasteiger partial charge in [-0.2, -0.15) is 18.4 Å². The largest absolute Gasteiger partial charge is 0.433 e. The quantitative estimate of drug-likeness (QED) is 0.709. The molecule has 0 bridgehead atoms. The number of nitrogens with zero attached hydrogens (tertiary/aromatic N) is 4. The number of sulfone groups is 1. The normalized spacial score (nSPS) is 17.8. The Bertz CT molecular complexity index is 1230. The Balaban J connectivity index is 1.78. The Kier molecular flexibility index (Phi) is 4.81. The van der Waals surface area contributed by atoms with Gasteiger partial charge in [-0.3, -0.25) is 9.69 Å². The van der Waals surface area contributed by atoms with Crippen molar-refractivity contribution in [3.63, 3.8) is 0 Å². The first-order valence-corrected chi connectivity index (χ1v) is 11.2. The van der Waals surface area contributed by atoms with Crippen LogP contribution in [0.5, 0.6) is 0 Å². The van der Waals surface area contributed by atoms with Crippen LogP contribution in [0.25, 0.3) is 0 Å². The van der Waals surface area contributed by atoms with E-state index in [2.05, 4.69) is 16.0 Å². The number of fused-ring (bicyclic) bond motifs is 1. The standard InChI is InChI=1S/C20H17F3N4O3S/c1-2-31(29,30)15-9-12(19(11-24)6-7-19)10-25-17(15)27-8-5-14-13(18(27)28)3-4-16(26-14)20(21,22)23/h3-4,9-10H,2,5-8H2,1H3. The lowest BCUT2D eigenvalue weighted by molar-refractivity contribution is -0.141. The number of carbonyl (C=O) groups excluding carboxylic acids is 1. The third-order valence-corrected chi connectivity index (χ3v) is 7.36. The van der Waals surface area contributed by atoms with Crippen LogP contribution in [0.1, 0.15) is 47.1 Å².